The maximum absolute atomic E-state index is 5.57. The van der Waals surface area contributed by atoms with Gasteiger partial charge in [0.15, 0.2) is 5.96 Å². The first kappa shape index (κ1) is 18.3. The number of aromatic nitrogens is 1. The average Bonchev–Trinajstić information content (AvgIpc) is 2.97. The van der Waals surface area contributed by atoms with Crippen LogP contribution in [0.2, 0.25) is 0 Å². The van der Waals surface area contributed by atoms with Crippen LogP contribution in [-0.2, 0) is 11.2 Å². The fraction of sp³-hybridized carbons (Fsp3) is 0.526. The van der Waals surface area contributed by atoms with Crippen LogP contribution in [0.3, 0.4) is 0 Å². The Balaban J connectivity index is 1.78. The van der Waals surface area contributed by atoms with Crippen molar-refractivity contribution >= 4 is 16.9 Å². The Hall–Kier alpha value is -2.01. The summed E-state index contributed by atoms with van der Waals surface area (Å²) in [5.41, 5.74) is 2.52. The molecule has 5 nitrogen and oxygen atoms in total. The average molecular weight is 330 g/mol. The number of aromatic amines is 1. The van der Waals surface area contributed by atoms with Gasteiger partial charge in [-0.2, -0.15) is 0 Å². The molecule has 0 radical (unpaired) electrons. The van der Waals surface area contributed by atoms with Gasteiger partial charge in [-0.1, -0.05) is 32.0 Å². The number of aliphatic imine (C=N–C) groups is 1. The van der Waals surface area contributed by atoms with Crippen LogP contribution in [-0.4, -0.2) is 43.8 Å². The number of benzene rings is 1. The lowest BCUT2D eigenvalue weighted by atomic mass is 10.1. The number of H-pyrrole nitrogens is 1. The fourth-order valence-electron chi connectivity index (χ4n) is 2.54. The summed E-state index contributed by atoms with van der Waals surface area (Å²) in [7, 11) is 0. The molecular formula is C19H30N4O. The molecule has 0 unspecified atom stereocenters. The van der Waals surface area contributed by atoms with Gasteiger partial charge in [-0.15, -0.1) is 0 Å². The zero-order valence-corrected chi connectivity index (χ0v) is 15.1. The van der Waals surface area contributed by atoms with Crippen LogP contribution >= 0.6 is 0 Å². The minimum absolute atomic E-state index is 0.566. The summed E-state index contributed by atoms with van der Waals surface area (Å²) in [5, 5.41) is 7.96. The quantitative estimate of drug-likeness (QED) is 0.376. The van der Waals surface area contributed by atoms with Gasteiger partial charge in [0.05, 0.1) is 13.2 Å². The molecule has 0 fully saturated rings. The van der Waals surface area contributed by atoms with Gasteiger partial charge >= 0.3 is 0 Å². The van der Waals surface area contributed by atoms with Crippen LogP contribution < -0.4 is 10.6 Å². The summed E-state index contributed by atoms with van der Waals surface area (Å²) in [4.78, 5) is 7.87. The molecule has 3 N–H and O–H groups in total. The van der Waals surface area contributed by atoms with Crippen LogP contribution in [0.1, 0.15) is 26.3 Å². The predicted molar refractivity (Wildman–Crippen MR) is 102 cm³/mol. The summed E-state index contributed by atoms with van der Waals surface area (Å²) in [6.07, 6.45) is 3.05. The molecule has 2 aromatic rings. The predicted octanol–water partition coefficient (Wildman–Crippen LogP) is 2.94. The third-order valence-electron chi connectivity index (χ3n) is 3.66. The Morgan fingerprint density at radius 2 is 2.08 bits per heavy atom. The zero-order chi connectivity index (χ0) is 17.2. The molecule has 0 saturated carbocycles. The molecule has 0 bridgehead atoms. The maximum Gasteiger partial charge on any atom is 0.191 e. The van der Waals surface area contributed by atoms with Gasteiger partial charge in [-0.05, 0) is 30.9 Å². The summed E-state index contributed by atoms with van der Waals surface area (Å²) in [5.74, 6) is 1.42. The number of nitrogens with zero attached hydrogens (tertiary/aromatic N) is 1. The van der Waals surface area contributed by atoms with E-state index in [4.69, 9.17) is 4.74 Å². The second-order valence-corrected chi connectivity index (χ2v) is 6.27. The standard InChI is InChI=1S/C19H30N4O/c1-4-20-19(22-11-12-24-14-15(2)3)21-10-9-16-13-23-18-8-6-5-7-17(16)18/h5-8,13,15,23H,4,9-12,14H2,1-3H3,(H2,20,21,22). The Bertz CT molecular complexity index is 633. The van der Waals surface area contributed by atoms with Gasteiger partial charge in [0.1, 0.15) is 0 Å². The Kier molecular flexibility index (Phi) is 7.62. The number of nitrogens with one attached hydrogen (secondary N) is 3. The molecule has 1 aromatic heterocycles. The Morgan fingerprint density at radius 3 is 2.88 bits per heavy atom. The van der Waals surface area contributed by atoms with Crippen LogP contribution in [0.15, 0.2) is 35.5 Å². The normalized spacial score (nSPS) is 12.1. The van der Waals surface area contributed by atoms with E-state index in [0.29, 0.717) is 19.1 Å². The highest BCUT2D eigenvalue weighted by Gasteiger charge is 2.03. The van der Waals surface area contributed by atoms with Crippen molar-refractivity contribution in [2.24, 2.45) is 10.9 Å². The van der Waals surface area contributed by atoms with Gasteiger partial charge in [-0.3, -0.25) is 4.99 Å². The van der Waals surface area contributed by atoms with Crippen molar-refractivity contribution in [3.8, 4) is 0 Å². The molecule has 0 aliphatic carbocycles. The van der Waals surface area contributed by atoms with Crippen LogP contribution in [0.25, 0.3) is 10.9 Å². The molecule has 24 heavy (non-hydrogen) atoms. The van der Waals surface area contributed by atoms with Crippen LogP contribution in [0.5, 0.6) is 0 Å². The molecule has 0 amide bonds. The van der Waals surface area contributed by atoms with E-state index in [-0.39, 0.29) is 0 Å². The molecule has 5 heteroatoms. The van der Waals surface area contributed by atoms with E-state index in [1.807, 2.05) is 0 Å². The highest BCUT2D eigenvalue weighted by Crippen LogP contribution is 2.17. The number of fused-ring (bicyclic) bond motifs is 1. The van der Waals surface area contributed by atoms with Gasteiger partial charge in [-0.25, -0.2) is 0 Å². The first-order valence-electron chi connectivity index (χ1n) is 8.85. The largest absolute Gasteiger partial charge is 0.379 e. The lowest BCUT2D eigenvalue weighted by Crippen LogP contribution is -2.38. The lowest BCUT2D eigenvalue weighted by molar-refractivity contribution is 0.117. The summed E-state index contributed by atoms with van der Waals surface area (Å²) >= 11 is 0. The number of guanidine groups is 1. The number of hydrogen-bond acceptors (Lipinski definition) is 2. The Morgan fingerprint density at radius 1 is 1.25 bits per heavy atom. The third-order valence-corrected chi connectivity index (χ3v) is 3.66. The summed E-state index contributed by atoms with van der Waals surface area (Å²) in [6, 6.07) is 8.40. The topological polar surface area (TPSA) is 61.4 Å². The molecule has 2 rings (SSSR count). The van der Waals surface area contributed by atoms with Crippen molar-refractivity contribution in [1.29, 1.82) is 0 Å². The molecule has 132 valence electrons. The fourth-order valence-corrected chi connectivity index (χ4v) is 2.54. The smallest absolute Gasteiger partial charge is 0.191 e. The van der Waals surface area contributed by atoms with E-state index < -0.39 is 0 Å². The van der Waals surface area contributed by atoms with Gasteiger partial charge in [0.2, 0.25) is 0 Å². The van der Waals surface area contributed by atoms with Crippen molar-refractivity contribution in [1.82, 2.24) is 15.6 Å². The second kappa shape index (κ2) is 9.98. The lowest BCUT2D eigenvalue weighted by Gasteiger charge is -2.11. The zero-order valence-electron chi connectivity index (χ0n) is 15.1. The van der Waals surface area contributed by atoms with Crippen molar-refractivity contribution in [2.45, 2.75) is 27.2 Å². The van der Waals surface area contributed by atoms with E-state index in [1.165, 1.54) is 16.5 Å². The molecule has 0 saturated heterocycles. The molecule has 0 spiro atoms. The van der Waals surface area contributed by atoms with Crippen LogP contribution in [0.4, 0.5) is 0 Å². The molecule has 1 heterocycles. The summed E-state index contributed by atoms with van der Waals surface area (Å²) in [6.45, 7) is 10.2. The van der Waals surface area contributed by atoms with E-state index >= 15 is 0 Å². The van der Waals surface area contributed by atoms with Crippen LogP contribution in [0, 0.1) is 5.92 Å². The number of rotatable bonds is 9. The number of para-hydroxylation sites is 1. The number of hydrogen-bond donors (Lipinski definition) is 3. The highest BCUT2D eigenvalue weighted by atomic mass is 16.5. The van der Waals surface area contributed by atoms with Gasteiger partial charge < -0.3 is 20.4 Å². The van der Waals surface area contributed by atoms with Gasteiger partial charge in [0, 0.05) is 36.8 Å². The first-order chi connectivity index (χ1) is 11.7. The molecule has 0 aliphatic rings. The minimum Gasteiger partial charge on any atom is -0.379 e. The Labute approximate surface area is 144 Å². The molecule has 0 atom stereocenters. The summed E-state index contributed by atoms with van der Waals surface area (Å²) < 4.78 is 5.57. The van der Waals surface area contributed by atoms with Crippen molar-refractivity contribution < 1.29 is 4.74 Å². The second-order valence-electron chi connectivity index (χ2n) is 6.27. The van der Waals surface area contributed by atoms with E-state index in [1.54, 1.807) is 0 Å². The highest BCUT2D eigenvalue weighted by molar-refractivity contribution is 5.83. The van der Waals surface area contributed by atoms with Gasteiger partial charge in [0.25, 0.3) is 0 Å². The van der Waals surface area contributed by atoms with Crippen molar-refractivity contribution in [3.63, 3.8) is 0 Å². The third kappa shape index (κ3) is 5.89. The SMILES string of the molecule is CCNC(=NCCOCC(C)C)NCCc1c[nH]c2ccccc12. The maximum atomic E-state index is 5.57. The van der Waals surface area contributed by atoms with Crippen molar-refractivity contribution in [3.05, 3.63) is 36.0 Å². The monoisotopic (exact) mass is 330 g/mol. The first-order valence-corrected chi connectivity index (χ1v) is 8.85. The molecule has 1 aromatic carbocycles. The number of ether oxygens (including phenoxy) is 1. The minimum atomic E-state index is 0.566. The molecule has 0 aliphatic heterocycles. The molecular weight excluding hydrogens is 300 g/mol. The van der Waals surface area contributed by atoms with E-state index in [9.17, 15) is 0 Å². The van der Waals surface area contributed by atoms with E-state index in [2.05, 4.69) is 71.8 Å². The van der Waals surface area contributed by atoms with Crippen molar-refractivity contribution in [2.75, 3.05) is 32.8 Å². The van der Waals surface area contributed by atoms with E-state index in [0.717, 1.165) is 32.1 Å².